The number of hydrogen-bond acceptors (Lipinski definition) is 5. The molecule has 0 unspecified atom stereocenters. The maximum Gasteiger partial charge on any atom is 0.252 e. The fraction of sp³-hybridized carbons (Fsp3) is 0.0833. The molecule has 1 amide bonds. The number of nitrogens with zero attached hydrogens (tertiary/aromatic N) is 1. The molecule has 0 saturated carbocycles. The molecule has 1 N–H and O–H groups in total. The van der Waals surface area contributed by atoms with Gasteiger partial charge in [0.1, 0.15) is 0 Å². The van der Waals surface area contributed by atoms with Crippen LogP contribution in [0.15, 0.2) is 94.4 Å². The van der Waals surface area contributed by atoms with E-state index in [1.165, 1.54) is 12.1 Å². The minimum Gasteiger partial charge on any atom is -0.436 e. The predicted octanol–water partition coefficient (Wildman–Crippen LogP) is 4.34. The molecule has 0 aliphatic heterocycles. The minimum absolute atomic E-state index is 0.242. The van der Waals surface area contributed by atoms with Crippen molar-refractivity contribution in [2.45, 2.75) is 11.4 Å². The van der Waals surface area contributed by atoms with Gasteiger partial charge in [-0.15, -0.1) is 0 Å². The van der Waals surface area contributed by atoms with Gasteiger partial charge in [-0.1, -0.05) is 54.6 Å². The molecule has 0 fully saturated rings. The van der Waals surface area contributed by atoms with Crippen molar-refractivity contribution in [2.75, 3.05) is 6.26 Å². The van der Waals surface area contributed by atoms with Crippen LogP contribution in [0.1, 0.15) is 15.9 Å². The lowest BCUT2D eigenvalue weighted by atomic mass is 10.1. The fourth-order valence-electron chi connectivity index (χ4n) is 3.13. The maximum absolute atomic E-state index is 12.8. The highest BCUT2D eigenvalue weighted by Crippen LogP contribution is 2.28. The zero-order valence-electron chi connectivity index (χ0n) is 16.8. The van der Waals surface area contributed by atoms with Crippen LogP contribution in [-0.4, -0.2) is 25.6 Å². The molecular weight excluding hydrogens is 412 g/mol. The van der Waals surface area contributed by atoms with Gasteiger partial charge in [0.2, 0.25) is 5.89 Å². The number of sulfone groups is 1. The second-order valence-corrected chi connectivity index (χ2v) is 9.06. The maximum atomic E-state index is 12.8. The molecule has 0 aliphatic rings. The SMILES string of the molecule is CS(=O)(=O)c1ccc(CNC(=O)c2ccccc2-c2ncc(-c3ccccc3)o2)cc1. The molecule has 0 spiro atoms. The normalized spacial score (nSPS) is 11.3. The summed E-state index contributed by atoms with van der Waals surface area (Å²) in [4.78, 5) is 17.4. The molecule has 7 heteroatoms. The average molecular weight is 433 g/mol. The third kappa shape index (κ3) is 4.73. The van der Waals surface area contributed by atoms with Gasteiger partial charge in [0, 0.05) is 23.9 Å². The lowest BCUT2D eigenvalue weighted by Crippen LogP contribution is -2.23. The second-order valence-electron chi connectivity index (χ2n) is 7.04. The number of nitrogens with one attached hydrogen (secondary N) is 1. The largest absolute Gasteiger partial charge is 0.436 e. The number of benzene rings is 3. The molecule has 156 valence electrons. The summed E-state index contributed by atoms with van der Waals surface area (Å²) in [5.74, 6) is 0.709. The van der Waals surface area contributed by atoms with Crippen LogP contribution >= 0.6 is 0 Å². The van der Waals surface area contributed by atoms with Gasteiger partial charge in [-0.05, 0) is 29.8 Å². The number of aromatic nitrogens is 1. The van der Waals surface area contributed by atoms with Crippen molar-refractivity contribution in [3.63, 3.8) is 0 Å². The van der Waals surface area contributed by atoms with Gasteiger partial charge in [-0.3, -0.25) is 4.79 Å². The number of hydrogen-bond donors (Lipinski definition) is 1. The van der Waals surface area contributed by atoms with Crippen LogP contribution in [0.3, 0.4) is 0 Å². The molecule has 1 heterocycles. The van der Waals surface area contributed by atoms with Crippen molar-refractivity contribution in [1.82, 2.24) is 10.3 Å². The first-order valence-corrected chi connectivity index (χ1v) is 11.5. The van der Waals surface area contributed by atoms with E-state index in [1.54, 1.807) is 36.5 Å². The Hall–Kier alpha value is -3.71. The number of carbonyl (C=O) groups is 1. The molecule has 0 atom stereocenters. The smallest absolute Gasteiger partial charge is 0.252 e. The zero-order chi connectivity index (χ0) is 21.8. The van der Waals surface area contributed by atoms with Crippen molar-refractivity contribution in [2.24, 2.45) is 0 Å². The number of oxazole rings is 1. The van der Waals surface area contributed by atoms with E-state index < -0.39 is 9.84 Å². The Morgan fingerprint density at radius 2 is 1.61 bits per heavy atom. The van der Waals surface area contributed by atoms with E-state index in [2.05, 4.69) is 10.3 Å². The third-order valence-corrected chi connectivity index (χ3v) is 5.90. The van der Waals surface area contributed by atoms with Gasteiger partial charge >= 0.3 is 0 Å². The topological polar surface area (TPSA) is 89.3 Å². The van der Waals surface area contributed by atoms with E-state index in [4.69, 9.17) is 4.42 Å². The second kappa shape index (κ2) is 8.57. The molecule has 4 aromatic rings. The first-order chi connectivity index (χ1) is 14.9. The van der Waals surface area contributed by atoms with Gasteiger partial charge in [0.25, 0.3) is 5.91 Å². The summed E-state index contributed by atoms with van der Waals surface area (Å²) in [7, 11) is -3.25. The minimum atomic E-state index is -3.25. The summed E-state index contributed by atoms with van der Waals surface area (Å²) in [6.07, 6.45) is 2.80. The average Bonchev–Trinajstić information content (AvgIpc) is 3.28. The van der Waals surface area contributed by atoms with Gasteiger partial charge in [0.05, 0.1) is 16.7 Å². The van der Waals surface area contributed by atoms with Crippen molar-refractivity contribution in [3.8, 4) is 22.8 Å². The van der Waals surface area contributed by atoms with Crippen molar-refractivity contribution in [3.05, 3.63) is 96.2 Å². The standard InChI is InChI=1S/C24H20N2O4S/c1-31(28,29)19-13-11-17(12-14-19)15-25-23(27)20-9-5-6-10-21(20)24-26-16-22(30-24)18-7-3-2-4-8-18/h2-14,16H,15H2,1H3,(H,25,27). The van der Waals surface area contributed by atoms with E-state index in [0.717, 1.165) is 17.4 Å². The quantitative estimate of drug-likeness (QED) is 0.489. The summed E-state index contributed by atoms with van der Waals surface area (Å²) < 4.78 is 29.1. The van der Waals surface area contributed by atoms with Crippen LogP contribution in [0, 0.1) is 0 Å². The highest BCUT2D eigenvalue weighted by Gasteiger charge is 2.17. The summed E-state index contributed by atoms with van der Waals surface area (Å²) in [5.41, 5.74) is 2.73. The summed E-state index contributed by atoms with van der Waals surface area (Å²) in [6, 6.07) is 23.1. The molecule has 0 aliphatic carbocycles. The summed E-state index contributed by atoms with van der Waals surface area (Å²) in [5, 5.41) is 2.86. The lowest BCUT2D eigenvalue weighted by molar-refractivity contribution is 0.0951. The Balaban J connectivity index is 1.52. The van der Waals surface area contributed by atoms with E-state index in [1.807, 2.05) is 36.4 Å². The van der Waals surface area contributed by atoms with Gasteiger partial charge in [-0.2, -0.15) is 0 Å². The highest BCUT2D eigenvalue weighted by molar-refractivity contribution is 7.90. The summed E-state index contributed by atoms with van der Waals surface area (Å²) in [6.45, 7) is 0.262. The molecule has 3 aromatic carbocycles. The Morgan fingerprint density at radius 1 is 0.935 bits per heavy atom. The number of carbonyl (C=O) groups excluding carboxylic acids is 1. The Labute approximate surface area is 180 Å². The monoisotopic (exact) mass is 432 g/mol. The molecule has 0 bridgehead atoms. The Bertz CT molecular complexity index is 1310. The zero-order valence-corrected chi connectivity index (χ0v) is 17.6. The number of rotatable bonds is 6. The molecule has 1 aromatic heterocycles. The van der Waals surface area contributed by atoms with Gasteiger partial charge < -0.3 is 9.73 Å². The van der Waals surface area contributed by atoms with E-state index in [-0.39, 0.29) is 17.3 Å². The van der Waals surface area contributed by atoms with Crippen LogP contribution in [0.2, 0.25) is 0 Å². The van der Waals surface area contributed by atoms with E-state index >= 15 is 0 Å². The molecular formula is C24H20N2O4S. The first kappa shape index (κ1) is 20.6. The summed E-state index contributed by atoms with van der Waals surface area (Å²) >= 11 is 0. The Morgan fingerprint density at radius 3 is 2.32 bits per heavy atom. The third-order valence-electron chi connectivity index (χ3n) is 4.77. The lowest BCUT2D eigenvalue weighted by Gasteiger charge is -2.09. The van der Waals surface area contributed by atoms with Crippen LogP contribution in [0.5, 0.6) is 0 Å². The van der Waals surface area contributed by atoms with Crippen molar-refractivity contribution in [1.29, 1.82) is 0 Å². The first-order valence-electron chi connectivity index (χ1n) is 9.60. The molecule has 6 nitrogen and oxygen atoms in total. The van der Waals surface area contributed by atoms with E-state index in [0.29, 0.717) is 22.8 Å². The van der Waals surface area contributed by atoms with Crippen molar-refractivity contribution < 1.29 is 17.6 Å². The molecule has 0 saturated heterocycles. The highest BCUT2D eigenvalue weighted by atomic mass is 32.2. The fourth-order valence-corrected chi connectivity index (χ4v) is 3.76. The van der Waals surface area contributed by atoms with Crippen LogP contribution in [0.25, 0.3) is 22.8 Å². The van der Waals surface area contributed by atoms with Crippen LogP contribution in [-0.2, 0) is 16.4 Å². The van der Waals surface area contributed by atoms with Gasteiger partial charge in [-0.25, -0.2) is 13.4 Å². The predicted molar refractivity (Wildman–Crippen MR) is 118 cm³/mol. The molecule has 31 heavy (non-hydrogen) atoms. The van der Waals surface area contributed by atoms with Crippen molar-refractivity contribution >= 4 is 15.7 Å². The van der Waals surface area contributed by atoms with Crippen LogP contribution < -0.4 is 5.32 Å². The van der Waals surface area contributed by atoms with Gasteiger partial charge in [0.15, 0.2) is 15.6 Å². The molecule has 4 rings (SSSR count). The van der Waals surface area contributed by atoms with E-state index in [9.17, 15) is 13.2 Å². The number of amides is 1. The van der Waals surface area contributed by atoms with Crippen LogP contribution in [0.4, 0.5) is 0 Å². The Kier molecular flexibility index (Phi) is 5.68. The molecule has 0 radical (unpaired) electrons.